The van der Waals surface area contributed by atoms with Gasteiger partial charge in [-0.1, -0.05) is 34.1 Å². The van der Waals surface area contributed by atoms with Crippen LogP contribution in [0.5, 0.6) is 0 Å². The molecule has 9 heteroatoms. The van der Waals surface area contributed by atoms with Gasteiger partial charge in [-0.05, 0) is 44.9 Å². The van der Waals surface area contributed by atoms with E-state index in [1.807, 2.05) is 0 Å². The van der Waals surface area contributed by atoms with Crippen LogP contribution in [0.1, 0.15) is 37.6 Å². The molecule has 3 rings (SSSR count). The molecule has 0 aliphatic carbocycles. The maximum atomic E-state index is 12.9. The molecule has 3 atom stereocenters. The number of fused-ring (bicyclic) bond motifs is 1. The molecule has 2 unspecified atom stereocenters. The molecular weight excluding hydrogens is 460 g/mol. The second kappa shape index (κ2) is 8.39. The third-order valence-corrected chi connectivity index (χ3v) is 6.57. The number of nitrogens with one attached hydrogen (secondary N) is 1. The second-order valence-corrected chi connectivity index (χ2v) is 10.2. The Morgan fingerprint density at radius 3 is 2.52 bits per heavy atom. The van der Waals surface area contributed by atoms with E-state index in [0.29, 0.717) is 22.9 Å². The molecule has 1 aromatic carbocycles. The standard InChI is InChI=1S/C20H23BrN2O5S/c1-20(2,3)28-19(26)15-13(9-10-21)11-29(27)18-14(17(25)23(15)18)22-16(24)12-7-5-4-6-8-12/h4-8,14,18H,9-11H2,1-3H3,(H,22,24)/t14?,18-,29?/m1/s1. The van der Waals surface area contributed by atoms with Gasteiger partial charge in [-0.15, -0.1) is 0 Å². The first kappa shape index (κ1) is 21.7. The van der Waals surface area contributed by atoms with Gasteiger partial charge in [0.25, 0.3) is 11.8 Å². The molecule has 2 amide bonds. The second-order valence-electron chi connectivity index (χ2n) is 7.83. The van der Waals surface area contributed by atoms with Gasteiger partial charge in [-0.25, -0.2) is 4.79 Å². The lowest BCUT2D eigenvalue weighted by Crippen LogP contribution is -2.73. The summed E-state index contributed by atoms with van der Waals surface area (Å²) in [5.74, 6) is -1.34. The van der Waals surface area contributed by atoms with Crippen molar-refractivity contribution < 1.29 is 23.3 Å². The number of β-lactam (4-membered cyclic amide) rings is 1. The smallest absolute Gasteiger partial charge is 0.355 e. The van der Waals surface area contributed by atoms with Gasteiger partial charge < -0.3 is 10.1 Å². The number of carbonyl (C=O) groups is 3. The number of halogens is 1. The fourth-order valence-electron chi connectivity index (χ4n) is 3.29. The third-order valence-electron chi connectivity index (χ3n) is 4.52. The highest BCUT2D eigenvalue weighted by Gasteiger charge is 2.57. The number of carbonyl (C=O) groups excluding carboxylic acids is 3. The molecular formula is C20H23BrN2O5S. The maximum Gasteiger partial charge on any atom is 0.355 e. The van der Waals surface area contributed by atoms with E-state index in [2.05, 4.69) is 21.2 Å². The van der Waals surface area contributed by atoms with Crippen LogP contribution in [-0.4, -0.2) is 55.0 Å². The van der Waals surface area contributed by atoms with Gasteiger partial charge in [0.1, 0.15) is 22.7 Å². The first-order chi connectivity index (χ1) is 13.6. The number of hydrogen-bond donors (Lipinski definition) is 1. The van der Waals surface area contributed by atoms with Crippen LogP contribution in [0.15, 0.2) is 41.6 Å². The van der Waals surface area contributed by atoms with E-state index in [9.17, 15) is 18.6 Å². The fraction of sp³-hybridized carbons (Fsp3) is 0.450. The van der Waals surface area contributed by atoms with E-state index in [-0.39, 0.29) is 11.4 Å². The van der Waals surface area contributed by atoms with Crippen LogP contribution >= 0.6 is 15.9 Å². The molecule has 2 aliphatic rings. The van der Waals surface area contributed by atoms with Crippen LogP contribution < -0.4 is 5.32 Å². The molecule has 0 aromatic heterocycles. The largest absolute Gasteiger partial charge is 0.455 e. The minimum atomic E-state index is -1.44. The number of rotatable bonds is 5. The fourth-order valence-corrected chi connectivity index (χ4v) is 5.49. The van der Waals surface area contributed by atoms with Gasteiger partial charge in [0, 0.05) is 16.6 Å². The Labute approximate surface area is 180 Å². The number of benzene rings is 1. The lowest BCUT2D eigenvalue weighted by molar-refractivity contribution is -0.158. The first-order valence-corrected chi connectivity index (χ1v) is 11.7. The van der Waals surface area contributed by atoms with Crippen molar-refractivity contribution in [3.8, 4) is 0 Å². The molecule has 156 valence electrons. The first-order valence-electron chi connectivity index (χ1n) is 9.21. The zero-order valence-electron chi connectivity index (χ0n) is 16.4. The SMILES string of the molecule is CC(C)(C)OC(=O)C1=C(CCBr)CS(=O)[C@@H]2C(NC(=O)c3ccccc3)C(=O)N12. The zero-order chi connectivity index (χ0) is 21.3. The van der Waals surface area contributed by atoms with Crippen LogP contribution in [0.25, 0.3) is 0 Å². The van der Waals surface area contributed by atoms with Crippen LogP contribution in [-0.2, 0) is 25.1 Å². The molecule has 0 radical (unpaired) electrons. The van der Waals surface area contributed by atoms with Crippen molar-refractivity contribution in [1.29, 1.82) is 0 Å². The summed E-state index contributed by atoms with van der Waals surface area (Å²) < 4.78 is 18.3. The van der Waals surface area contributed by atoms with E-state index < -0.39 is 45.6 Å². The van der Waals surface area contributed by atoms with Crippen LogP contribution in [0, 0.1) is 0 Å². The number of nitrogens with zero attached hydrogens (tertiary/aromatic N) is 1. The average Bonchev–Trinajstić information content (AvgIpc) is 2.65. The summed E-state index contributed by atoms with van der Waals surface area (Å²) in [5, 5.41) is 2.44. The molecule has 1 aromatic rings. The number of esters is 1. The lowest BCUT2D eigenvalue weighted by Gasteiger charge is -2.49. The van der Waals surface area contributed by atoms with Gasteiger partial charge in [0.05, 0.1) is 10.8 Å². The Morgan fingerprint density at radius 1 is 1.28 bits per heavy atom. The minimum Gasteiger partial charge on any atom is -0.455 e. The van der Waals surface area contributed by atoms with Gasteiger partial charge in [-0.2, -0.15) is 0 Å². The van der Waals surface area contributed by atoms with E-state index >= 15 is 0 Å². The number of alkyl halides is 1. The predicted molar refractivity (Wildman–Crippen MR) is 113 cm³/mol. The highest BCUT2D eigenvalue weighted by molar-refractivity contribution is 9.09. The molecule has 2 aliphatic heterocycles. The highest BCUT2D eigenvalue weighted by atomic mass is 79.9. The van der Waals surface area contributed by atoms with Crippen molar-refractivity contribution in [2.75, 3.05) is 11.1 Å². The molecule has 7 nitrogen and oxygen atoms in total. The molecule has 1 fully saturated rings. The number of amides is 2. The summed E-state index contributed by atoms with van der Waals surface area (Å²) in [6, 6.07) is 7.55. The average molecular weight is 483 g/mol. The highest BCUT2D eigenvalue weighted by Crippen LogP contribution is 2.37. The summed E-state index contributed by atoms with van der Waals surface area (Å²) in [4.78, 5) is 39.4. The van der Waals surface area contributed by atoms with Crippen molar-refractivity contribution in [2.24, 2.45) is 0 Å². The van der Waals surface area contributed by atoms with Gasteiger partial charge in [0.2, 0.25) is 0 Å². The van der Waals surface area contributed by atoms with Crippen LogP contribution in [0.2, 0.25) is 0 Å². The number of ether oxygens (including phenoxy) is 1. The molecule has 29 heavy (non-hydrogen) atoms. The quantitative estimate of drug-likeness (QED) is 0.394. The Balaban J connectivity index is 1.87. The summed E-state index contributed by atoms with van der Waals surface area (Å²) in [5.41, 5.74) is 0.444. The van der Waals surface area contributed by atoms with Gasteiger partial charge in [-0.3, -0.25) is 18.7 Å². The lowest BCUT2D eigenvalue weighted by atomic mass is 10.0. The van der Waals surface area contributed by atoms with E-state index in [0.717, 1.165) is 0 Å². The summed E-state index contributed by atoms with van der Waals surface area (Å²) >= 11 is 3.34. The predicted octanol–water partition coefficient (Wildman–Crippen LogP) is 2.10. The Kier molecular flexibility index (Phi) is 6.28. The van der Waals surface area contributed by atoms with Crippen LogP contribution in [0.4, 0.5) is 0 Å². The topological polar surface area (TPSA) is 92.8 Å². The van der Waals surface area contributed by atoms with E-state index in [4.69, 9.17) is 4.74 Å². The van der Waals surface area contributed by atoms with Crippen molar-refractivity contribution in [3.63, 3.8) is 0 Å². The van der Waals surface area contributed by atoms with Crippen LogP contribution in [0.3, 0.4) is 0 Å². The normalized spacial score (nSPS) is 23.9. The summed E-state index contributed by atoms with van der Waals surface area (Å²) in [6.45, 7) is 5.23. The Morgan fingerprint density at radius 2 is 1.93 bits per heavy atom. The van der Waals surface area contributed by atoms with Crippen molar-refractivity contribution in [3.05, 3.63) is 47.2 Å². The summed E-state index contributed by atoms with van der Waals surface area (Å²) in [6.07, 6.45) is 0.470. The molecule has 2 heterocycles. The van der Waals surface area contributed by atoms with E-state index in [1.165, 1.54) is 4.90 Å². The minimum absolute atomic E-state index is 0.152. The molecule has 0 bridgehead atoms. The molecule has 1 saturated heterocycles. The van der Waals surface area contributed by atoms with Crippen molar-refractivity contribution in [2.45, 2.75) is 44.2 Å². The molecule has 0 spiro atoms. The monoisotopic (exact) mass is 482 g/mol. The van der Waals surface area contributed by atoms with E-state index in [1.54, 1.807) is 51.1 Å². The van der Waals surface area contributed by atoms with Gasteiger partial charge in [0.15, 0.2) is 0 Å². The van der Waals surface area contributed by atoms with Crippen molar-refractivity contribution >= 4 is 44.5 Å². The summed E-state index contributed by atoms with van der Waals surface area (Å²) in [7, 11) is -1.44. The Bertz CT molecular complexity index is 894. The zero-order valence-corrected chi connectivity index (χ0v) is 18.8. The van der Waals surface area contributed by atoms with Gasteiger partial charge >= 0.3 is 5.97 Å². The molecule has 1 N–H and O–H groups in total. The Hall–Kier alpha value is -2.00. The molecule has 0 saturated carbocycles. The number of hydrogen-bond acceptors (Lipinski definition) is 5. The van der Waals surface area contributed by atoms with Crippen molar-refractivity contribution in [1.82, 2.24) is 10.2 Å². The maximum absolute atomic E-state index is 12.9. The third kappa shape index (κ3) is 4.45.